The van der Waals surface area contributed by atoms with Crippen molar-refractivity contribution in [1.82, 2.24) is 9.71 Å². The highest BCUT2D eigenvalue weighted by molar-refractivity contribution is 7.89. The summed E-state index contributed by atoms with van der Waals surface area (Å²) in [6.45, 7) is 1.84. The number of nitrogens with one attached hydrogen (secondary N) is 2. The first kappa shape index (κ1) is 15.4. The fraction of sp³-hybridized carbons (Fsp3) is 0.214. The Bertz CT molecular complexity index is 735. The SMILES string of the molecule is CNS(=O)(=O)c1cccc(NC(C)c2cncc(F)c2)c1. The molecule has 0 aliphatic rings. The molecule has 112 valence electrons. The van der Waals surface area contributed by atoms with Crippen LogP contribution in [-0.2, 0) is 10.0 Å². The van der Waals surface area contributed by atoms with Crippen molar-refractivity contribution in [3.8, 4) is 0 Å². The van der Waals surface area contributed by atoms with Crippen LogP contribution in [0, 0.1) is 5.82 Å². The fourth-order valence-corrected chi connectivity index (χ4v) is 2.64. The second-order valence-electron chi connectivity index (χ2n) is 4.54. The van der Waals surface area contributed by atoms with Gasteiger partial charge >= 0.3 is 0 Å². The molecule has 0 spiro atoms. The summed E-state index contributed by atoms with van der Waals surface area (Å²) < 4.78 is 38.9. The van der Waals surface area contributed by atoms with E-state index >= 15 is 0 Å². The fourth-order valence-electron chi connectivity index (χ4n) is 1.87. The zero-order valence-electron chi connectivity index (χ0n) is 11.7. The lowest BCUT2D eigenvalue weighted by Gasteiger charge is -2.16. The van der Waals surface area contributed by atoms with Gasteiger partial charge in [-0.15, -0.1) is 0 Å². The van der Waals surface area contributed by atoms with E-state index in [9.17, 15) is 12.8 Å². The summed E-state index contributed by atoms with van der Waals surface area (Å²) >= 11 is 0. The van der Waals surface area contributed by atoms with E-state index in [4.69, 9.17) is 0 Å². The molecule has 21 heavy (non-hydrogen) atoms. The number of pyridine rings is 1. The maximum Gasteiger partial charge on any atom is 0.240 e. The van der Waals surface area contributed by atoms with Crippen LogP contribution in [0.25, 0.3) is 0 Å². The predicted molar refractivity (Wildman–Crippen MR) is 78.9 cm³/mol. The molecule has 1 unspecified atom stereocenters. The van der Waals surface area contributed by atoms with Crippen LogP contribution in [0.3, 0.4) is 0 Å². The Morgan fingerprint density at radius 2 is 2.00 bits per heavy atom. The van der Waals surface area contributed by atoms with Gasteiger partial charge in [-0.1, -0.05) is 6.07 Å². The molecule has 2 aromatic rings. The van der Waals surface area contributed by atoms with Crippen LogP contribution in [0.2, 0.25) is 0 Å². The molecule has 1 atom stereocenters. The molecule has 5 nitrogen and oxygen atoms in total. The number of nitrogens with zero attached hydrogens (tertiary/aromatic N) is 1. The molecular formula is C14H16FN3O2S. The number of aromatic nitrogens is 1. The maximum atomic E-state index is 13.2. The molecule has 2 rings (SSSR count). The lowest BCUT2D eigenvalue weighted by Crippen LogP contribution is -2.18. The molecule has 1 aromatic heterocycles. The number of benzene rings is 1. The van der Waals surface area contributed by atoms with E-state index < -0.39 is 15.8 Å². The molecule has 7 heteroatoms. The second-order valence-corrected chi connectivity index (χ2v) is 6.42. The van der Waals surface area contributed by atoms with E-state index in [1.807, 2.05) is 6.92 Å². The van der Waals surface area contributed by atoms with Crippen LogP contribution >= 0.6 is 0 Å². The van der Waals surface area contributed by atoms with Gasteiger partial charge in [-0.2, -0.15) is 0 Å². The van der Waals surface area contributed by atoms with Crippen LogP contribution in [0.1, 0.15) is 18.5 Å². The first-order chi connectivity index (χ1) is 9.92. The lowest BCUT2D eigenvalue weighted by atomic mass is 10.1. The molecule has 0 radical (unpaired) electrons. The minimum Gasteiger partial charge on any atom is -0.378 e. The summed E-state index contributed by atoms with van der Waals surface area (Å²) in [5.41, 5.74) is 1.31. The molecule has 2 N–H and O–H groups in total. The Labute approximate surface area is 123 Å². The van der Waals surface area contributed by atoms with Gasteiger partial charge in [-0.3, -0.25) is 4.98 Å². The van der Waals surface area contributed by atoms with Crippen LogP contribution in [0.4, 0.5) is 10.1 Å². The van der Waals surface area contributed by atoms with Gasteiger partial charge in [0.15, 0.2) is 0 Å². The average molecular weight is 309 g/mol. The summed E-state index contributed by atoms with van der Waals surface area (Å²) in [7, 11) is -2.13. The summed E-state index contributed by atoms with van der Waals surface area (Å²) in [4.78, 5) is 3.96. The Kier molecular flexibility index (Phi) is 4.54. The number of halogens is 1. The van der Waals surface area contributed by atoms with Crippen LogP contribution in [-0.4, -0.2) is 20.4 Å². The zero-order chi connectivity index (χ0) is 15.5. The van der Waals surface area contributed by atoms with Gasteiger partial charge < -0.3 is 5.32 Å². The molecule has 0 amide bonds. The van der Waals surface area contributed by atoms with Gasteiger partial charge in [0.05, 0.1) is 17.1 Å². The monoisotopic (exact) mass is 309 g/mol. The van der Waals surface area contributed by atoms with Gasteiger partial charge in [0.25, 0.3) is 0 Å². The van der Waals surface area contributed by atoms with E-state index in [2.05, 4.69) is 15.0 Å². The van der Waals surface area contributed by atoms with Crippen molar-refractivity contribution >= 4 is 15.7 Å². The summed E-state index contributed by atoms with van der Waals surface area (Å²) in [5.74, 6) is -0.410. The van der Waals surface area contributed by atoms with E-state index in [-0.39, 0.29) is 10.9 Å². The minimum atomic E-state index is -3.49. The van der Waals surface area contributed by atoms with Gasteiger partial charge in [0, 0.05) is 11.9 Å². The molecule has 0 aliphatic heterocycles. The predicted octanol–water partition coefficient (Wildman–Crippen LogP) is 2.30. The smallest absolute Gasteiger partial charge is 0.240 e. The standard InChI is InChI=1S/C14H16FN3O2S/c1-10(11-6-12(15)9-17-8-11)18-13-4-3-5-14(7-13)21(19,20)16-2/h3-10,16,18H,1-2H3. The summed E-state index contributed by atoms with van der Waals surface area (Å²) in [5, 5.41) is 3.12. The maximum absolute atomic E-state index is 13.2. The molecule has 1 heterocycles. The minimum absolute atomic E-state index is 0.166. The normalized spacial score (nSPS) is 12.9. The first-order valence-electron chi connectivity index (χ1n) is 6.33. The highest BCUT2D eigenvalue weighted by Crippen LogP contribution is 2.21. The van der Waals surface area contributed by atoms with Crippen LogP contribution in [0.15, 0.2) is 47.6 Å². The molecule has 0 aliphatic carbocycles. The highest BCUT2D eigenvalue weighted by Gasteiger charge is 2.13. The Balaban J connectivity index is 2.22. The quantitative estimate of drug-likeness (QED) is 0.889. The van der Waals surface area contributed by atoms with Gasteiger partial charge in [-0.05, 0) is 43.8 Å². The van der Waals surface area contributed by atoms with Crippen molar-refractivity contribution in [2.24, 2.45) is 0 Å². The number of hydrogen-bond donors (Lipinski definition) is 2. The summed E-state index contributed by atoms with van der Waals surface area (Å²) in [6, 6.07) is 7.60. The summed E-state index contributed by atoms with van der Waals surface area (Å²) in [6.07, 6.45) is 2.70. The average Bonchev–Trinajstić information content (AvgIpc) is 2.47. The first-order valence-corrected chi connectivity index (χ1v) is 7.81. The highest BCUT2D eigenvalue weighted by atomic mass is 32.2. The Hall–Kier alpha value is -1.99. The Morgan fingerprint density at radius 3 is 2.67 bits per heavy atom. The van der Waals surface area contributed by atoms with E-state index in [1.165, 1.54) is 25.2 Å². The van der Waals surface area contributed by atoms with E-state index in [1.54, 1.807) is 18.3 Å². The van der Waals surface area contributed by atoms with Gasteiger partial charge in [0.1, 0.15) is 5.82 Å². The third-order valence-electron chi connectivity index (χ3n) is 3.02. The molecule has 1 aromatic carbocycles. The van der Waals surface area contributed by atoms with Crippen molar-refractivity contribution < 1.29 is 12.8 Å². The number of rotatable bonds is 5. The van der Waals surface area contributed by atoms with Crippen molar-refractivity contribution in [3.63, 3.8) is 0 Å². The van der Waals surface area contributed by atoms with E-state index in [0.717, 1.165) is 6.20 Å². The van der Waals surface area contributed by atoms with Crippen molar-refractivity contribution in [1.29, 1.82) is 0 Å². The van der Waals surface area contributed by atoms with Crippen molar-refractivity contribution in [3.05, 3.63) is 54.1 Å². The molecule has 0 fully saturated rings. The van der Waals surface area contributed by atoms with E-state index in [0.29, 0.717) is 11.3 Å². The molecule has 0 saturated carbocycles. The lowest BCUT2D eigenvalue weighted by molar-refractivity contribution is 0.588. The number of anilines is 1. The van der Waals surface area contributed by atoms with Gasteiger partial charge in [0.2, 0.25) is 10.0 Å². The number of sulfonamides is 1. The molecule has 0 saturated heterocycles. The zero-order valence-corrected chi connectivity index (χ0v) is 12.5. The molecule has 0 bridgehead atoms. The van der Waals surface area contributed by atoms with Crippen molar-refractivity contribution in [2.45, 2.75) is 17.9 Å². The topological polar surface area (TPSA) is 71.1 Å². The van der Waals surface area contributed by atoms with Crippen molar-refractivity contribution in [2.75, 3.05) is 12.4 Å². The largest absolute Gasteiger partial charge is 0.378 e. The Morgan fingerprint density at radius 1 is 1.24 bits per heavy atom. The third kappa shape index (κ3) is 3.77. The van der Waals surface area contributed by atoms with Crippen LogP contribution in [0.5, 0.6) is 0 Å². The second kappa shape index (κ2) is 6.19. The molecular weight excluding hydrogens is 293 g/mol. The third-order valence-corrected chi connectivity index (χ3v) is 4.43. The number of hydrogen-bond acceptors (Lipinski definition) is 4. The van der Waals surface area contributed by atoms with Crippen LogP contribution < -0.4 is 10.0 Å². The van der Waals surface area contributed by atoms with Gasteiger partial charge in [-0.25, -0.2) is 17.5 Å².